The Morgan fingerprint density at radius 2 is 2.07 bits per heavy atom. The van der Waals surface area contributed by atoms with Crippen molar-refractivity contribution in [3.8, 4) is 0 Å². The highest BCUT2D eigenvalue weighted by molar-refractivity contribution is 7.99. The Morgan fingerprint density at radius 3 is 2.81 bits per heavy atom. The maximum absolute atomic E-state index is 13.5. The van der Waals surface area contributed by atoms with Crippen LogP contribution in [0.4, 0.5) is 9.52 Å². The summed E-state index contributed by atoms with van der Waals surface area (Å²) >= 11 is 3.06. The molecule has 0 radical (unpaired) electrons. The Kier molecular flexibility index (Phi) is 6.46. The smallest absolute Gasteiger partial charge is 0.260 e. The van der Waals surface area contributed by atoms with Gasteiger partial charge in [-0.25, -0.2) is 9.37 Å². The Balaban J connectivity index is 1.96. The van der Waals surface area contributed by atoms with Crippen LogP contribution in [0, 0.1) is 5.82 Å². The third-order valence-electron chi connectivity index (χ3n) is 4.04. The maximum Gasteiger partial charge on any atom is 0.260 e. The number of nitrogens with zero attached hydrogens (tertiary/aromatic N) is 2. The summed E-state index contributed by atoms with van der Waals surface area (Å²) < 4.78 is 14.3. The van der Waals surface area contributed by atoms with Crippen molar-refractivity contribution in [2.45, 2.75) is 11.8 Å². The molecule has 1 aromatic heterocycles. The van der Waals surface area contributed by atoms with Crippen LogP contribution < -0.4 is 9.80 Å². The van der Waals surface area contributed by atoms with E-state index < -0.39 is 0 Å². The molecule has 1 N–H and O–H groups in total. The van der Waals surface area contributed by atoms with Gasteiger partial charge in [0.15, 0.2) is 5.13 Å². The lowest BCUT2D eigenvalue weighted by Crippen LogP contribution is -3.06. The number of halogens is 1. The van der Waals surface area contributed by atoms with Crippen LogP contribution in [-0.4, -0.2) is 43.8 Å². The van der Waals surface area contributed by atoms with Gasteiger partial charge in [0.25, 0.3) is 5.91 Å². The number of amides is 1. The van der Waals surface area contributed by atoms with Crippen molar-refractivity contribution in [3.05, 3.63) is 53.8 Å². The van der Waals surface area contributed by atoms with Crippen LogP contribution in [0.15, 0.2) is 47.4 Å². The summed E-state index contributed by atoms with van der Waals surface area (Å²) in [4.78, 5) is 21.9. The topological polar surface area (TPSA) is 37.6 Å². The molecule has 4 nitrogen and oxygen atoms in total. The first-order valence-electron chi connectivity index (χ1n) is 8.87. The highest BCUT2D eigenvalue weighted by Gasteiger charge is 2.22. The SMILES string of the molecule is CCSc1cccc(C(=O)N(CC[NH+](C)C)c2nc3ccc(F)cc3s2)c1. The van der Waals surface area contributed by atoms with Crippen molar-refractivity contribution in [1.29, 1.82) is 0 Å². The molecule has 0 saturated heterocycles. The second kappa shape index (κ2) is 8.82. The van der Waals surface area contributed by atoms with Gasteiger partial charge in [-0.1, -0.05) is 24.3 Å². The van der Waals surface area contributed by atoms with Gasteiger partial charge in [-0.05, 0) is 42.2 Å². The first-order valence-corrected chi connectivity index (χ1v) is 10.7. The summed E-state index contributed by atoms with van der Waals surface area (Å²) in [6.07, 6.45) is 0. The highest BCUT2D eigenvalue weighted by atomic mass is 32.2. The number of aromatic nitrogens is 1. The van der Waals surface area contributed by atoms with E-state index in [0.29, 0.717) is 22.8 Å². The minimum atomic E-state index is -0.294. The number of nitrogens with one attached hydrogen (secondary N) is 1. The minimum Gasteiger partial charge on any atom is -0.338 e. The number of carbonyl (C=O) groups excluding carboxylic acids is 1. The number of carbonyl (C=O) groups is 1. The normalized spacial score (nSPS) is 11.3. The van der Waals surface area contributed by atoms with Gasteiger partial charge in [-0.3, -0.25) is 9.69 Å². The number of fused-ring (bicyclic) bond motifs is 1. The van der Waals surface area contributed by atoms with E-state index in [0.717, 1.165) is 21.9 Å². The van der Waals surface area contributed by atoms with Crippen LogP contribution in [0.25, 0.3) is 10.2 Å². The molecule has 2 aromatic carbocycles. The fourth-order valence-electron chi connectivity index (χ4n) is 2.66. The average molecular weight is 405 g/mol. The molecule has 1 amide bonds. The summed E-state index contributed by atoms with van der Waals surface area (Å²) in [6.45, 7) is 3.43. The lowest BCUT2D eigenvalue weighted by Gasteiger charge is -2.21. The van der Waals surface area contributed by atoms with Crippen molar-refractivity contribution >= 4 is 44.4 Å². The zero-order chi connectivity index (χ0) is 19.4. The largest absolute Gasteiger partial charge is 0.338 e. The highest BCUT2D eigenvalue weighted by Crippen LogP contribution is 2.30. The number of thioether (sulfide) groups is 1. The van der Waals surface area contributed by atoms with E-state index in [4.69, 9.17) is 0 Å². The van der Waals surface area contributed by atoms with Crippen molar-refractivity contribution in [2.24, 2.45) is 0 Å². The molecule has 0 aliphatic heterocycles. The van der Waals surface area contributed by atoms with Crippen LogP contribution in [0.5, 0.6) is 0 Å². The van der Waals surface area contributed by atoms with E-state index in [1.54, 1.807) is 22.7 Å². The summed E-state index contributed by atoms with van der Waals surface area (Å²) in [5.74, 6) is 0.585. The monoisotopic (exact) mass is 404 g/mol. The van der Waals surface area contributed by atoms with E-state index in [2.05, 4.69) is 26.0 Å². The fourth-order valence-corrected chi connectivity index (χ4v) is 4.40. The minimum absolute atomic E-state index is 0.0747. The first kappa shape index (κ1) is 19.8. The van der Waals surface area contributed by atoms with E-state index in [9.17, 15) is 9.18 Å². The Hall–Kier alpha value is -1.96. The summed E-state index contributed by atoms with van der Waals surface area (Å²) in [6, 6.07) is 12.2. The maximum atomic E-state index is 13.5. The van der Waals surface area contributed by atoms with Crippen LogP contribution in [-0.2, 0) is 0 Å². The molecule has 3 aromatic rings. The van der Waals surface area contributed by atoms with E-state index >= 15 is 0 Å². The standard InChI is InChI=1S/C20H22FN3OS2/c1-4-26-16-7-5-6-14(12-16)19(25)24(11-10-23(2)3)20-22-17-9-8-15(21)13-18(17)27-20/h5-9,12-13H,4,10-11H2,1-3H3/p+1. The Morgan fingerprint density at radius 1 is 1.26 bits per heavy atom. The van der Waals surface area contributed by atoms with Gasteiger partial charge < -0.3 is 4.90 Å². The van der Waals surface area contributed by atoms with E-state index in [-0.39, 0.29) is 11.7 Å². The number of anilines is 1. The molecule has 0 fully saturated rings. The number of benzene rings is 2. The molecule has 0 aliphatic rings. The average Bonchev–Trinajstić information content (AvgIpc) is 3.04. The van der Waals surface area contributed by atoms with Gasteiger partial charge in [-0.2, -0.15) is 0 Å². The molecule has 1 heterocycles. The first-order chi connectivity index (χ1) is 13.0. The molecule has 0 saturated carbocycles. The zero-order valence-corrected chi connectivity index (χ0v) is 17.3. The van der Waals surface area contributed by atoms with Gasteiger partial charge in [0.05, 0.1) is 37.4 Å². The Labute approximate surface area is 167 Å². The predicted octanol–water partition coefficient (Wildman–Crippen LogP) is 3.34. The summed E-state index contributed by atoms with van der Waals surface area (Å²) in [7, 11) is 4.10. The molecule has 0 spiro atoms. The van der Waals surface area contributed by atoms with Crippen LogP contribution >= 0.6 is 23.1 Å². The Bertz CT molecular complexity index is 942. The third-order valence-corrected chi connectivity index (χ3v) is 5.96. The predicted molar refractivity (Wildman–Crippen MR) is 112 cm³/mol. The van der Waals surface area contributed by atoms with Gasteiger partial charge in [-0.15, -0.1) is 11.8 Å². The summed E-state index contributed by atoms with van der Waals surface area (Å²) in [5, 5.41) is 0.607. The lowest BCUT2D eigenvalue weighted by molar-refractivity contribution is -0.856. The fraction of sp³-hybridized carbons (Fsp3) is 0.300. The van der Waals surface area contributed by atoms with Crippen LogP contribution in [0.3, 0.4) is 0 Å². The van der Waals surface area contributed by atoms with Gasteiger partial charge in [0.1, 0.15) is 5.82 Å². The zero-order valence-electron chi connectivity index (χ0n) is 15.7. The number of hydrogen-bond acceptors (Lipinski definition) is 4. The van der Waals surface area contributed by atoms with Gasteiger partial charge in [0, 0.05) is 10.5 Å². The molecular weight excluding hydrogens is 381 g/mol. The molecule has 0 unspecified atom stereocenters. The molecule has 27 heavy (non-hydrogen) atoms. The molecule has 7 heteroatoms. The number of quaternary nitrogens is 1. The quantitative estimate of drug-likeness (QED) is 0.614. The van der Waals surface area contributed by atoms with Gasteiger partial charge in [0.2, 0.25) is 0 Å². The molecular formula is C20H23FN3OS2+. The third kappa shape index (κ3) is 4.86. The molecule has 3 rings (SSSR count). The number of rotatable bonds is 7. The second-order valence-corrected chi connectivity index (χ2v) is 8.83. The molecule has 0 bridgehead atoms. The van der Waals surface area contributed by atoms with E-state index in [1.165, 1.54) is 28.4 Å². The molecule has 0 atom stereocenters. The lowest BCUT2D eigenvalue weighted by atomic mass is 10.2. The van der Waals surface area contributed by atoms with Crippen molar-refractivity contribution in [1.82, 2.24) is 4.98 Å². The summed E-state index contributed by atoms with van der Waals surface area (Å²) in [5.41, 5.74) is 1.36. The van der Waals surface area contributed by atoms with Crippen LogP contribution in [0.2, 0.25) is 0 Å². The molecule has 142 valence electrons. The van der Waals surface area contributed by atoms with Crippen molar-refractivity contribution < 1.29 is 14.1 Å². The number of likely N-dealkylation sites (N-methyl/N-ethyl adjacent to an activating group) is 1. The number of hydrogen-bond donors (Lipinski definition) is 1. The second-order valence-electron chi connectivity index (χ2n) is 6.48. The number of thiazole rings is 1. The van der Waals surface area contributed by atoms with Gasteiger partial charge >= 0.3 is 0 Å². The van der Waals surface area contributed by atoms with Crippen molar-refractivity contribution in [2.75, 3.05) is 37.8 Å². The van der Waals surface area contributed by atoms with Crippen LogP contribution in [0.1, 0.15) is 17.3 Å². The van der Waals surface area contributed by atoms with E-state index in [1.807, 2.05) is 24.3 Å². The molecule has 0 aliphatic carbocycles. The van der Waals surface area contributed by atoms with Crippen molar-refractivity contribution in [3.63, 3.8) is 0 Å².